The van der Waals surface area contributed by atoms with E-state index in [0.29, 0.717) is 16.0 Å². The monoisotopic (exact) mass is 448 g/mol. The molecule has 2 aromatic carbocycles. The first-order valence-electron chi connectivity index (χ1n) is 6.23. The van der Waals surface area contributed by atoms with E-state index in [1.807, 2.05) is 0 Å². The van der Waals surface area contributed by atoms with E-state index >= 15 is 0 Å². The molecular formula is C14H10Cl5O2PS. The van der Waals surface area contributed by atoms with Crippen molar-refractivity contribution in [2.45, 2.75) is 14.6 Å². The molecule has 2 aromatic rings. The number of halogens is 5. The fraction of sp³-hybridized carbons (Fsp3) is 0.143. The number of rotatable bonds is 6. The molecular weight excluding hydrogens is 440 g/mol. The Kier molecular flexibility index (Phi) is 7.31. The molecule has 0 saturated heterocycles. The van der Waals surface area contributed by atoms with Crippen molar-refractivity contribution in [2.24, 2.45) is 0 Å². The van der Waals surface area contributed by atoms with E-state index in [1.54, 1.807) is 48.5 Å². The first kappa shape index (κ1) is 19.6. The lowest BCUT2D eigenvalue weighted by Gasteiger charge is -2.17. The summed E-state index contributed by atoms with van der Waals surface area (Å²) in [5.41, 5.74) is 1.09. The highest BCUT2D eigenvalue weighted by molar-refractivity contribution is 8.64. The second-order valence-corrected chi connectivity index (χ2v) is 12.1. The lowest BCUT2D eigenvalue weighted by atomic mass is 10.2. The van der Waals surface area contributed by atoms with Gasteiger partial charge in [0.2, 0.25) is 0 Å². The lowest BCUT2D eigenvalue weighted by Crippen LogP contribution is -1.92. The van der Waals surface area contributed by atoms with Crippen molar-refractivity contribution in [2.75, 3.05) is 0 Å². The quantitative estimate of drug-likeness (QED) is 0.328. The van der Waals surface area contributed by atoms with Gasteiger partial charge in [-0.2, -0.15) is 0 Å². The summed E-state index contributed by atoms with van der Waals surface area (Å²) >= 11 is 30.5. The smallest absolute Gasteiger partial charge is 0.398 e. The van der Waals surface area contributed by atoms with Gasteiger partial charge in [0.05, 0.1) is 0 Å². The summed E-state index contributed by atoms with van der Waals surface area (Å²) in [5, 5.41) is 0. The average Bonchev–Trinajstić information content (AvgIpc) is 2.47. The molecule has 0 fully saturated rings. The zero-order valence-electron chi connectivity index (χ0n) is 11.3. The molecule has 0 saturated carbocycles. The van der Waals surface area contributed by atoms with Gasteiger partial charge >= 0.3 is 5.92 Å². The van der Waals surface area contributed by atoms with Crippen molar-refractivity contribution in [1.82, 2.24) is 0 Å². The molecule has 0 aliphatic rings. The molecule has 1 atom stereocenters. The fourth-order valence-corrected chi connectivity index (χ4v) is 6.16. The summed E-state index contributed by atoms with van der Waals surface area (Å²) in [5.74, 6) is -3.35. The lowest BCUT2D eigenvalue weighted by molar-refractivity contribution is 0.512. The highest BCUT2D eigenvalue weighted by Gasteiger charge is 2.27. The molecule has 0 N–H and O–H groups in total. The van der Waals surface area contributed by atoms with Gasteiger partial charge in [0.1, 0.15) is 15.4 Å². The van der Waals surface area contributed by atoms with Crippen molar-refractivity contribution in [3.63, 3.8) is 0 Å². The standard InChI is InChI=1S/C14H10Cl5O2PS/c15-13(16)9-5-1-3-7-11(9)21-22(19,20)23-12-8-4-2-6-10(12)14(17)18/h1-8,13-14H. The zero-order valence-corrected chi connectivity index (χ0v) is 16.8. The molecule has 0 radical (unpaired) electrons. The molecule has 124 valence electrons. The fourth-order valence-electron chi connectivity index (χ4n) is 1.74. The molecule has 2 nitrogen and oxygen atoms in total. The van der Waals surface area contributed by atoms with Crippen LogP contribution in [0.3, 0.4) is 0 Å². The Bertz CT molecular complexity index is 668. The largest absolute Gasteiger partial charge is 0.425 e. The topological polar surface area (TPSA) is 26.3 Å². The minimum absolute atomic E-state index is 0.263. The van der Waals surface area contributed by atoms with E-state index in [-0.39, 0.29) is 5.75 Å². The number of alkyl halides is 4. The summed E-state index contributed by atoms with van der Waals surface area (Å²) < 4.78 is 18.1. The van der Waals surface area contributed by atoms with Gasteiger partial charge in [0, 0.05) is 10.5 Å². The van der Waals surface area contributed by atoms with Crippen LogP contribution in [-0.2, 0) is 4.57 Å². The Morgan fingerprint density at radius 3 is 2.00 bits per heavy atom. The zero-order chi connectivity index (χ0) is 17.0. The number of hydrogen-bond acceptors (Lipinski definition) is 3. The summed E-state index contributed by atoms with van der Waals surface area (Å²) in [7, 11) is 0. The van der Waals surface area contributed by atoms with Gasteiger partial charge in [-0.3, -0.25) is 0 Å². The maximum absolute atomic E-state index is 12.6. The number of hydrogen-bond donors (Lipinski definition) is 0. The van der Waals surface area contributed by atoms with Crippen LogP contribution in [0.1, 0.15) is 20.8 Å². The van der Waals surface area contributed by atoms with Crippen LogP contribution in [-0.4, -0.2) is 0 Å². The van der Waals surface area contributed by atoms with Gasteiger partial charge in [-0.25, -0.2) is 4.57 Å². The molecule has 0 aliphatic carbocycles. The predicted octanol–water partition coefficient (Wildman–Crippen LogP) is 8.16. The maximum Gasteiger partial charge on any atom is 0.398 e. The van der Waals surface area contributed by atoms with Crippen LogP contribution in [0.2, 0.25) is 0 Å². The summed E-state index contributed by atoms with van der Waals surface area (Å²) in [6.45, 7) is 0. The van der Waals surface area contributed by atoms with Crippen LogP contribution < -0.4 is 4.52 Å². The average molecular weight is 451 g/mol. The van der Waals surface area contributed by atoms with Gasteiger partial charge in [-0.15, -0.1) is 23.2 Å². The molecule has 2 rings (SSSR count). The summed E-state index contributed by atoms with van der Waals surface area (Å²) in [4.78, 5) is -1.01. The van der Waals surface area contributed by atoms with Gasteiger partial charge in [0.15, 0.2) is 0 Å². The highest BCUT2D eigenvalue weighted by Crippen LogP contribution is 2.67. The van der Waals surface area contributed by atoms with Gasteiger partial charge < -0.3 is 4.52 Å². The molecule has 0 aliphatic heterocycles. The van der Waals surface area contributed by atoms with Crippen LogP contribution in [0, 0.1) is 0 Å². The van der Waals surface area contributed by atoms with Crippen LogP contribution in [0.5, 0.6) is 5.75 Å². The molecule has 0 aromatic heterocycles. The third kappa shape index (κ3) is 5.64. The van der Waals surface area contributed by atoms with Crippen LogP contribution in [0.15, 0.2) is 53.4 Å². The van der Waals surface area contributed by atoms with E-state index in [9.17, 15) is 4.57 Å². The van der Waals surface area contributed by atoms with Crippen molar-refractivity contribution in [1.29, 1.82) is 0 Å². The normalized spacial score (nSPS) is 14.0. The van der Waals surface area contributed by atoms with Crippen molar-refractivity contribution in [3.05, 3.63) is 59.7 Å². The molecule has 0 spiro atoms. The van der Waals surface area contributed by atoms with Crippen molar-refractivity contribution < 1.29 is 9.09 Å². The predicted molar refractivity (Wildman–Crippen MR) is 102 cm³/mol. The van der Waals surface area contributed by atoms with E-state index in [2.05, 4.69) is 0 Å². The Morgan fingerprint density at radius 1 is 0.870 bits per heavy atom. The first-order valence-corrected chi connectivity index (χ1v) is 11.9. The van der Waals surface area contributed by atoms with Gasteiger partial charge in [-0.1, -0.05) is 59.6 Å². The minimum Gasteiger partial charge on any atom is -0.425 e. The number of benzene rings is 2. The highest BCUT2D eigenvalue weighted by atomic mass is 35.7. The van der Waals surface area contributed by atoms with Gasteiger partial charge in [0.25, 0.3) is 0 Å². The molecule has 0 amide bonds. The van der Waals surface area contributed by atoms with Gasteiger partial charge in [-0.05, 0) is 40.3 Å². The molecule has 0 heterocycles. The Labute approximate surface area is 163 Å². The van der Waals surface area contributed by atoms with E-state index in [4.69, 9.17) is 62.2 Å². The summed E-state index contributed by atoms with van der Waals surface area (Å²) in [6, 6.07) is 13.7. The SMILES string of the molecule is O=P(Cl)(Oc1ccccc1C(Cl)Cl)Sc1ccccc1C(Cl)Cl. The molecule has 1 unspecified atom stereocenters. The summed E-state index contributed by atoms with van der Waals surface area (Å²) in [6.07, 6.45) is 0. The third-order valence-corrected chi connectivity index (χ3v) is 7.16. The second-order valence-electron chi connectivity index (χ2n) is 4.29. The molecule has 9 heteroatoms. The van der Waals surface area contributed by atoms with Crippen LogP contribution in [0.25, 0.3) is 0 Å². The second kappa shape index (κ2) is 8.58. The van der Waals surface area contributed by atoms with E-state index in [1.165, 1.54) is 0 Å². The molecule has 23 heavy (non-hydrogen) atoms. The Hall–Kier alpha value is 0.270. The van der Waals surface area contributed by atoms with E-state index < -0.39 is 15.6 Å². The van der Waals surface area contributed by atoms with Crippen molar-refractivity contribution >= 4 is 74.9 Å². The minimum atomic E-state index is -3.62. The third-order valence-electron chi connectivity index (χ3n) is 2.72. The first-order chi connectivity index (χ1) is 10.8. The van der Waals surface area contributed by atoms with Crippen LogP contribution in [0.4, 0.5) is 0 Å². The molecule has 0 bridgehead atoms. The van der Waals surface area contributed by atoms with E-state index in [0.717, 1.165) is 11.4 Å². The maximum atomic E-state index is 12.6. The van der Waals surface area contributed by atoms with Crippen LogP contribution >= 0.6 is 74.9 Å². The Morgan fingerprint density at radius 2 is 1.39 bits per heavy atom. The van der Waals surface area contributed by atoms with Crippen molar-refractivity contribution in [3.8, 4) is 5.75 Å². The number of para-hydroxylation sites is 1. The Balaban J connectivity index is 2.26.